The fraction of sp³-hybridized carbons (Fsp3) is 0.926. The Hall–Kier alpha value is -0.500. The van der Waals surface area contributed by atoms with Crippen LogP contribution in [0.1, 0.15) is 80.1 Å². The molecule has 0 saturated carbocycles. The number of nitrogens with zero attached hydrogens (tertiary/aromatic N) is 1. The van der Waals surface area contributed by atoms with Crippen LogP contribution in [-0.4, -0.2) is 88.6 Å². The van der Waals surface area contributed by atoms with E-state index >= 15 is 0 Å². The quantitative estimate of drug-likeness (QED) is 0.129. The molecule has 0 radical (unpaired) electrons. The maximum atomic E-state index is 6.59. The Morgan fingerprint density at radius 3 is 2.00 bits per heavy atom. The molecule has 0 amide bonds. The second kappa shape index (κ2) is 23.3. The predicted molar refractivity (Wildman–Crippen MR) is 138 cm³/mol. The lowest BCUT2D eigenvalue weighted by atomic mass is 10.0. The van der Waals surface area contributed by atoms with Gasteiger partial charge in [-0.3, -0.25) is 4.90 Å². The molecule has 0 aromatic rings. The van der Waals surface area contributed by atoms with Crippen LogP contribution in [0, 0.1) is 0 Å². The summed E-state index contributed by atoms with van der Waals surface area (Å²) >= 11 is 0. The van der Waals surface area contributed by atoms with Gasteiger partial charge in [0.25, 0.3) is 0 Å². The summed E-state index contributed by atoms with van der Waals surface area (Å²) in [5, 5.41) is 0. The van der Waals surface area contributed by atoms with E-state index in [0.29, 0.717) is 25.3 Å². The first-order valence-electron chi connectivity index (χ1n) is 13.4. The van der Waals surface area contributed by atoms with Gasteiger partial charge >= 0.3 is 0 Å². The first kappa shape index (κ1) is 32.5. The summed E-state index contributed by atoms with van der Waals surface area (Å²) in [6, 6.07) is 0.828. The van der Waals surface area contributed by atoms with Crippen molar-refractivity contribution in [2.45, 2.75) is 104 Å². The number of hydrogen-bond acceptors (Lipinski definition) is 6. The molecule has 33 heavy (non-hydrogen) atoms. The molecule has 0 aromatic carbocycles. The van der Waals surface area contributed by atoms with Crippen LogP contribution < -0.4 is 0 Å². The van der Waals surface area contributed by atoms with Crippen molar-refractivity contribution in [2.75, 3.05) is 59.4 Å². The zero-order valence-corrected chi connectivity index (χ0v) is 22.7. The minimum Gasteiger partial charge on any atom is -0.382 e. The summed E-state index contributed by atoms with van der Waals surface area (Å²) in [6.07, 6.45) is 8.00. The van der Waals surface area contributed by atoms with E-state index in [9.17, 15) is 0 Å². The standard InChI is InChI=1S/C27H55NO5/c1-8-17-31-19-14-24(7)28(25(10-3)15-20-29-12-5)22-27(23-32-18-9-2)33-26(11-4)16-21-30-13-6/h9,24-27H,2,8,10-23H2,1,3-7H3. The Morgan fingerprint density at radius 2 is 1.42 bits per heavy atom. The van der Waals surface area contributed by atoms with Crippen LogP contribution in [0.15, 0.2) is 12.7 Å². The van der Waals surface area contributed by atoms with E-state index in [1.54, 1.807) is 6.08 Å². The van der Waals surface area contributed by atoms with E-state index in [1.807, 2.05) is 6.92 Å². The van der Waals surface area contributed by atoms with Gasteiger partial charge in [-0.2, -0.15) is 0 Å². The van der Waals surface area contributed by atoms with Crippen molar-refractivity contribution in [3.8, 4) is 0 Å². The largest absolute Gasteiger partial charge is 0.382 e. The van der Waals surface area contributed by atoms with Gasteiger partial charge in [-0.1, -0.05) is 26.8 Å². The predicted octanol–water partition coefficient (Wildman–Crippen LogP) is 5.49. The maximum Gasteiger partial charge on any atom is 0.0939 e. The second-order valence-electron chi connectivity index (χ2n) is 8.59. The summed E-state index contributed by atoms with van der Waals surface area (Å²) in [5.41, 5.74) is 0. The first-order chi connectivity index (χ1) is 16.1. The lowest BCUT2D eigenvalue weighted by Crippen LogP contribution is -2.49. The SMILES string of the molecule is C=CCOCC(CN(C(C)CCOCCC)C(CC)CCOCC)OC(CC)CCOCC. The molecule has 0 rings (SSSR count). The Labute approximate surface area is 205 Å². The van der Waals surface area contributed by atoms with E-state index in [4.69, 9.17) is 23.7 Å². The number of rotatable bonds is 25. The molecule has 0 aliphatic heterocycles. The minimum atomic E-state index is -0.00307. The minimum absolute atomic E-state index is 0.00307. The molecule has 0 aromatic heterocycles. The Morgan fingerprint density at radius 1 is 0.758 bits per heavy atom. The smallest absolute Gasteiger partial charge is 0.0939 e. The van der Waals surface area contributed by atoms with Gasteiger partial charge in [0, 0.05) is 58.3 Å². The monoisotopic (exact) mass is 473 g/mol. The van der Waals surface area contributed by atoms with E-state index < -0.39 is 0 Å². The molecule has 6 heteroatoms. The van der Waals surface area contributed by atoms with Gasteiger partial charge in [-0.25, -0.2) is 0 Å². The third-order valence-electron chi connectivity index (χ3n) is 5.92. The fourth-order valence-electron chi connectivity index (χ4n) is 3.98. The molecule has 0 heterocycles. The highest BCUT2D eigenvalue weighted by molar-refractivity contribution is 4.80. The highest BCUT2D eigenvalue weighted by atomic mass is 16.5. The first-order valence-corrected chi connectivity index (χ1v) is 13.4. The highest BCUT2D eigenvalue weighted by Gasteiger charge is 2.27. The Bertz CT molecular complexity index is 423. The molecule has 0 N–H and O–H groups in total. The normalized spacial score (nSPS) is 15.5. The molecule has 0 saturated heterocycles. The Balaban J connectivity index is 5.35. The molecule has 0 fully saturated rings. The molecular formula is C27H55NO5. The zero-order chi connectivity index (χ0) is 24.7. The van der Waals surface area contributed by atoms with Gasteiger partial charge < -0.3 is 23.7 Å². The molecule has 4 unspecified atom stereocenters. The molecule has 0 aliphatic rings. The van der Waals surface area contributed by atoms with Crippen molar-refractivity contribution in [2.24, 2.45) is 0 Å². The van der Waals surface area contributed by atoms with Crippen LogP contribution in [0.2, 0.25) is 0 Å². The van der Waals surface area contributed by atoms with Crippen LogP contribution in [0.5, 0.6) is 0 Å². The van der Waals surface area contributed by atoms with Gasteiger partial charge in [0.15, 0.2) is 0 Å². The van der Waals surface area contributed by atoms with Crippen molar-refractivity contribution >= 4 is 0 Å². The summed E-state index contributed by atoms with van der Waals surface area (Å²) in [4.78, 5) is 2.60. The van der Waals surface area contributed by atoms with Crippen LogP contribution in [-0.2, 0) is 23.7 Å². The number of hydrogen-bond donors (Lipinski definition) is 0. The molecule has 0 bridgehead atoms. The van der Waals surface area contributed by atoms with Gasteiger partial charge in [-0.15, -0.1) is 6.58 Å². The fourth-order valence-corrected chi connectivity index (χ4v) is 3.98. The van der Waals surface area contributed by atoms with Gasteiger partial charge in [-0.05, 0) is 59.3 Å². The van der Waals surface area contributed by atoms with E-state index in [-0.39, 0.29) is 12.2 Å². The van der Waals surface area contributed by atoms with E-state index in [0.717, 1.165) is 84.7 Å². The lowest BCUT2D eigenvalue weighted by molar-refractivity contribution is -0.0865. The average molecular weight is 474 g/mol. The van der Waals surface area contributed by atoms with Crippen LogP contribution in [0.25, 0.3) is 0 Å². The molecule has 0 spiro atoms. The van der Waals surface area contributed by atoms with Gasteiger partial charge in [0.2, 0.25) is 0 Å². The van der Waals surface area contributed by atoms with Crippen LogP contribution in [0.3, 0.4) is 0 Å². The molecule has 4 atom stereocenters. The summed E-state index contributed by atoms with van der Waals surface area (Å²) in [6.45, 7) is 23.4. The molecule has 6 nitrogen and oxygen atoms in total. The summed E-state index contributed by atoms with van der Waals surface area (Å²) in [7, 11) is 0. The lowest BCUT2D eigenvalue weighted by Gasteiger charge is -2.39. The van der Waals surface area contributed by atoms with Crippen LogP contribution >= 0.6 is 0 Å². The molecule has 0 aliphatic carbocycles. The molecular weight excluding hydrogens is 418 g/mol. The van der Waals surface area contributed by atoms with Crippen molar-refractivity contribution in [3.63, 3.8) is 0 Å². The zero-order valence-electron chi connectivity index (χ0n) is 22.7. The second-order valence-corrected chi connectivity index (χ2v) is 8.59. The maximum absolute atomic E-state index is 6.59. The third-order valence-corrected chi connectivity index (χ3v) is 5.92. The summed E-state index contributed by atoms with van der Waals surface area (Å²) < 4.78 is 29.5. The van der Waals surface area contributed by atoms with Crippen molar-refractivity contribution in [3.05, 3.63) is 12.7 Å². The van der Waals surface area contributed by atoms with Crippen molar-refractivity contribution in [1.82, 2.24) is 4.90 Å². The number of ether oxygens (including phenoxy) is 5. The average Bonchev–Trinajstić information content (AvgIpc) is 2.82. The third kappa shape index (κ3) is 16.7. The van der Waals surface area contributed by atoms with Gasteiger partial charge in [0.1, 0.15) is 0 Å². The van der Waals surface area contributed by atoms with Crippen molar-refractivity contribution in [1.29, 1.82) is 0 Å². The summed E-state index contributed by atoms with van der Waals surface area (Å²) in [5.74, 6) is 0. The van der Waals surface area contributed by atoms with E-state index in [1.165, 1.54) is 0 Å². The molecule has 198 valence electrons. The topological polar surface area (TPSA) is 49.4 Å². The Kier molecular flexibility index (Phi) is 22.9. The van der Waals surface area contributed by atoms with E-state index in [2.05, 4.69) is 46.1 Å². The van der Waals surface area contributed by atoms with Gasteiger partial charge in [0.05, 0.1) is 25.4 Å². The van der Waals surface area contributed by atoms with Crippen LogP contribution in [0.4, 0.5) is 0 Å². The van der Waals surface area contributed by atoms with Crippen molar-refractivity contribution < 1.29 is 23.7 Å². The highest BCUT2D eigenvalue weighted by Crippen LogP contribution is 2.19.